The normalized spacial score (nSPS) is 29.5. The Morgan fingerprint density at radius 3 is 1.68 bits per heavy atom. The predicted molar refractivity (Wildman–Crippen MR) is 89.0 cm³/mol. The molecule has 5 atom stereocenters. The maximum atomic E-state index is 11.5. The first-order valence-corrected chi connectivity index (χ1v) is 8.30. The molecule has 0 aromatic heterocycles. The monoisotopic (exact) mass is 417 g/mol. The molecule has 1 N–H and O–H groups in total. The van der Waals surface area contributed by atoms with Crippen molar-refractivity contribution in [3.63, 3.8) is 0 Å². The number of halogens is 3. The zero-order valence-corrected chi connectivity index (χ0v) is 16.1. The maximum absolute atomic E-state index is 11.5. The standard InChI is InChI=1S/C14H18Cl3NO7/c1-5-9(23-6(2)19)10(24-7(3)20)11(25-8(4)21)12(22-5)13(18)14(15,16)17/h5,9-12,18H,1-4H3/t5-,9-,10+,11-,12?/m1/s1. The number of hydrogen-bond donors (Lipinski definition) is 1. The van der Waals surface area contributed by atoms with E-state index in [1.165, 1.54) is 6.92 Å². The summed E-state index contributed by atoms with van der Waals surface area (Å²) in [6.45, 7) is 4.92. The van der Waals surface area contributed by atoms with Crippen LogP contribution in [0.1, 0.15) is 27.7 Å². The summed E-state index contributed by atoms with van der Waals surface area (Å²) < 4.78 is 18.9. The largest absolute Gasteiger partial charge is 0.456 e. The van der Waals surface area contributed by atoms with E-state index in [4.69, 9.17) is 59.2 Å². The fourth-order valence-corrected chi connectivity index (χ4v) is 2.73. The van der Waals surface area contributed by atoms with Crippen molar-refractivity contribution in [3.05, 3.63) is 0 Å². The Kier molecular flexibility index (Phi) is 7.49. The van der Waals surface area contributed by atoms with Gasteiger partial charge in [-0.05, 0) is 6.92 Å². The maximum Gasteiger partial charge on any atom is 0.303 e. The Bertz CT molecular complexity index is 563. The molecule has 0 aromatic rings. The number of carbonyl (C=O) groups excluding carboxylic acids is 3. The number of esters is 3. The Labute approximate surface area is 159 Å². The van der Waals surface area contributed by atoms with Crippen LogP contribution in [0.2, 0.25) is 0 Å². The van der Waals surface area contributed by atoms with E-state index in [1.807, 2.05) is 0 Å². The van der Waals surface area contributed by atoms with Gasteiger partial charge < -0.3 is 24.4 Å². The first-order valence-electron chi connectivity index (χ1n) is 7.17. The van der Waals surface area contributed by atoms with Crippen molar-refractivity contribution in [2.24, 2.45) is 0 Å². The molecule has 0 radical (unpaired) electrons. The van der Waals surface area contributed by atoms with Gasteiger partial charge in [-0.25, -0.2) is 0 Å². The van der Waals surface area contributed by atoms with Crippen LogP contribution in [0.15, 0.2) is 0 Å². The van der Waals surface area contributed by atoms with Crippen molar-refractivity contribution in [2.45, 2.75) is 62.0 Å². The van der Waals surface area contributed by atoms with Crippen LogP contribution in [0.3, 0.4) is 0 Å². The van der Waals surface area contributed by atoms with Crippen molar-refractivity contribution >= 4 is 58.4 Å². The van der Waals surface area contributed by atoms with Crippen LogP contribution in [-0.2, 0) is 33.3 Å². The molecule has 1 heterocycles. The molecule has 0 spiro atoms. The Morgan fingerprint density at radius 1 is 0.880 bits per heavy atom. The number of hydrogen-bond acceptors (Lipinski definition) is 8. The van der Waals surface area contributed by atoms with E-state index in [2.05, 4.69) is 0 Å². The number of nitrogens with one attached hydrogen (secondary N) is 1. The second-order valence-electron chi connectivity index (χ2n) is 5.40. The Hall–Kier alpha value is -1.09. The number of ether oxygens (including phenoxy) is 4. The second-order valence-corrected chi connectivity index (χ2v) is 7.68. The molecule has 11 heteroatoms. The van der Waals surface area contributed by atoms with Crippen LogP contribution >= 0.6 is 34.8 Å². The highest BCUT2D eigenvalue weighted by Gasteiger charge is 2.54. The lowest BCUT2D eigenvalue weighted by Gasteiger charge is -2.44. The van der Waals surface area contributed by atoms with E-state index in [9.17, 15) is 14.4 Å². The molecule has 0 saturated carbocycles. The fraction of sp³-hybridized carbons (Fsp3) is 0.714. The second kappa shape index (κ2) is 8.53. The van der Waals surface area contributed by atoms with E-state index in [0.29, 0.717) is 0 Å². The molecule has 1 unspecified atom stereocenters. The van der Waals surface area contributed by atoms with Gasteiger partial charge >= 0.3 is 17.9 Å². The van der Waals surface area contributed by atoms with Crippen molar-refractivity contribution in [1.29, 1.82) is 5.41 Å². The van der Waals surface area contributed by atoms with Gasteiger partial charge in [-0.15, -0.1) is 0 Å². The third kappa shape index (κ3) is 5.99. The van der Waals surface area contributed by atoms with Crippen LogP contribution in [0.5, 0.6) is 0 Å². The van der Waals surface area contributed by atoms with E-state index >= 15 is 0 Å². The third-order valence-corrected chi connectivity index (χ3v) is 3.88. The van der Waals surface area contributed by atoms with E-state index in [1.54, 1.807) is 0 Å². The first-order chi connectivity index (χ1) is 11.3. The minimum Gasteiger partial charge on any atom is -0.456 e. The molecule has 25 heavy (non-hydrogen) atoms. The highest BCUT2D eigenvalue weighted by atomic mass is 35.6. The lowest BCUT2D eigenvalue weighted by molar-refractivity contribution is -0.232. The number of rotatable bonds is 4. The van der Waals surface area contributed by atoms with Crippen molar-refractivity contribution < 1.29 is 33.3 Å². The molecule has 0 bridgehead atoms. The summed E-state index contributed by atoms with van der Waals surface area (Å²) in [5.74, 6) is -2.12. The SMILES string of the molecule is CC(=O)O[C@H]1[C@H](OC(C)=O)[C@@H](OC(C)=O)C(C(=N)C(Cl)(Cl)Cl)O[C@@H]1C. The van der Waals surface area contributed by atoms with Gasteiger partial charge in [-0.1, -0.05) is 34.8 Å². The van der Waals surface area contributed by atoms with Gasteiger partial charge in [0, 0.05) is 20.8 Å². The fourth-order valence-electron chi connectivity index (χ4n) is 2.41. The highest BCUT2D eigenvalue weighted by Crippen LogP contribution is 2.36. The van der Waals surface area contributed by atoms with Gasteiger partial charge in [0.25, 0.3) is 0 Å². The Morgan fingerprint density at radius 2 is 1.28 bits per heavy atom. The van der Waals surface area contributed by atoms with Gasteiger partial charge in [-0.3, -0.25) is 14.4 Å². The summed E-state index contributed by atoms with van der Waals surface area (Å²) >= 11 is 17.2. The summed E-state index contributed by atoms with van der Waals surface area (Å²) in [6, 6.07) is 0. The van der Waals surface area contributed by atoms with E-state index in [0.717, 1.165) is 20.8 Å². The summed E-state index contributed by atoms with van der Waals surface area (Å²) in [5.41, 5.74) is -0.519. The lowest BCUT2D eigenvalue weighted by atomic mass is 9.92. The minimum atomic E-state index is -2.14. The van der Waals surface area contributed by atoms with Crippen LogP contribution in [0, 0.1) is 5.41 Å². The number of carbonyl (C=O) groups is 3. The summed E-state index contributed by atoms with van der Waals surface area (Å²) in [6.07, 6.45) is -5.82. The molecule has 1 fully saturated rings. The van der Waals surface area contributed by atoms with Gasteiger partial charge in [-0.2, -0.15) is 0 Å². The van der Waals surface area contributed by atoms with Gasteiger partial charge in [0.1, 0.15) is 6.10 Å². The minimum absolute atomic E-state index is 0.519. The van der Waals surface area contributed by atoms with Crippen LogP contribution in [0.25, 0.3) is 0 Å². The summed E-state index contributed by atoms with van der Waals surface area (Å²) in [4.78, 5) is 34.3. The first kappa shape index (κ1) is 22.0. The smallest absolute Gasteiger partial charge is 0.303 e. The molecule has 1 rings (SSSR count). The molecule has 142 valence electrons. The zero-order valence-electron chi connectivity index (χ0n) is 13.9. The van der Waals surface area contributed by atoms with Crippen molar-refractivity contribution in [2.75, 3.05) is 0 Å². The topological polar surface area (TPSA) is 112 Å². The quantitative estimate of drug-likeness (QED) is 0.321. The van der Waals surface area contributed by atoms with Crippen LogP contribution in [0.4, 0.5) is 0 Å². The molecular weight excluding hydrogens is 401 g/mol. The van der Waals surface area contributed by atoms with Crippen LogP contribution in [-0.4, -0.2) is 57.9 Å². The van der Waals surface area contributed by atoms with E-state index < -0.39 is 57.9 Å². The summed E-state index contributed by atoms with van der Waals surface area (Å²) in [7, 11) is 0. The molecule has 0 aliphatic carbocycles. The molecule has 0 amide bonds. The molecule has 1 saturated heterocycles. The molecular formula is C14H18Cl3NO7. The predicted octanol–water partition coefficient (Wildman–Crippen LogP) is 1.96. The van der Waals surface area contributed by atoms with Crippen molar-refractivity contribution in [3.8, 4) is 0 Å². The molecule has 1 aliphatic heterocycles. The molecule has 8 nitrogen and oxygen atoms in total. The van der Waals surface area contributed by atoms with Gasteiger partial charge in [0.2, 0.25) is 3.79 Å². The highest BCUT2D eigenvalue weighted by molar-refractivity contribution is 6.76. The lowest BCUT2D eigenvalue weighted by Crippen LogP contribution is -2.63. The zero-order chi connectivity index (χ0) is 19.5. The average Bonchev–Trinajstić information content (AvgIpc) is 2.42. The van der Waals surface area contributed by atoms with E-state index in [-0.39, 0.29) is 0 Å². The van der Waals surface area contributed by atoms with Crippen molar-refractivity contribution in [1.82, 2.24) is 0 Å². The number of alkyl halides is 3. The van der Waals surface area contributed by atoms with Crippen LogP contribution < -0.4 is 0 Å². The summed E-state index contributed by atoms with van der Waals surface area (Å²) in [5, 5.41) is 8.02. The van der Waals surface area contributed by atoms with Gasteiger partial charge in [0.05, 0.1) is 11.8 Å². The Balaban J connectivity index is 3.32. The third-order valence-electron chi connectivity index (χ3n) is 3.27. The average molecular weight is 419 g/mol. The molecule has 1 aliphatic rings. The molecule has 0 aromatic carbocycles. The van der Waals surface area contributed by atoms with Gasteiger partial charge in [0.15, 0.2) is 18.3 Å².